The Morgan fingerprint density at radius 3 is 2.39 bits per heavy atom. The number of para-hydroxylation sites is 1. The number of rotatable bonds is 7. The van der Waals surface area contributed by atoms with Gasteiger partial charge in [-0.15, -0.1) is 0 Å². The second kappa shape index (κ2) is 9.89. The summed E-state index contributed by atoms with van der Waals surface area (Å²) in [5.74, 6) is 2.18. The Balaban J connectivity index is 1.11. The van der Waals surface area contributed by atoms with Crippen LogP contribution in [-0.4, -0.2) is 67.2 Å². The van der Waals surface area contributed by atoms with Crippen LogP contribution in [0.25, 0.3) is 0 Å². The van der Waals surface area contributed by atoms with E-state index in [9.17, 15) is 0 Å². The molecule has 5 nitrogen and oxygen atoms in total. The molecular formula is C23H32N4O. The standard InChI is InChI=1S/C23H32N4O/c1(7-13-26-18-19-28-22-9-3-2-8-21(22)20-26)6-12-25-14-16-27(17-15-25)23-10-4-5-11-24-23/h2-5,8-11H,1,6-7,12-20H2. The van der Waals surface area contributed by atoms with Crippen molar-refractivity contribution >= 4 is 5.82 Å². The zero-order valence-electron chi connectivity index (χ0n) is 16.8. The summed E-state index contributed by atoms with van der Waals surface area (Å²) >= 11 is 0. The number of hydrogen-bond donors (Lipinski definition) is 0. The van der Waals surface area contributed by atoms with Crippen LogP contribution in [-0.2, 0) is 6.54 Å². The molecule has 2 aliphatic rings. The third kappa shape index (κ3) is 5.24. The van der Waals surface area contributed by atoms with Crippen molar-refractivity contribution in [3.63, 3.8) is 0 Å². The fraction of sp³-hybridized carbons (Fsp3) is 0.522. The first kappa shape index (κ1) is 19.2. The molecule has 3 heterocycles. The van der Waals surface area contributed by atoms with E-state index >= 15 is 0 Å². The van der Waals surface area contributed by atoms with Crippen molar-refractivity contribution < 1.29 is 4.74 Å². The maximum Gasteiger partial charge on any atom is 0.128 e. The highest BCUT2D eigenvalue weighted by atomic mass is 16.5. The second-order valence-corrected chi connectivity index (χ2v) is 7.81. The molecule has 1 aromatic carbocycles. The van der Waals surface area contributed by atoms with E-state index in [2.05, 4.69) is 56.1 Å². The average molecular weight is 381 g/mol. The van der Waals surface area contributed by atoms with Crippen molar-refractivity contribution in [3.8, 4) is 5.75 Å². The quantitative estimate of drug-likeness (QED) is 0.689. The molecule has 0 N–H and O–H groups in total. The van der Waals surface area contributed by atoms with Crippen LogP contribution < -0.4 is 9.64 Å². The molecule has 1 saturated heterocycles. The third-order valence-corrected chi connectivity index (χ3v) is 5.83. The highest BCUT2D eigenvalue weighted by Gasteiger charge is 2.17. The average Bonchev–Trinajstić information content (AvgIpc) is 2.96. The van der Waals surface area contributed by atoms with E-state index < -0.39 is 0 Å². The Kier molecular flexibility index (Phi) is 6.79. The summed E-state index contributed by atoms with van der Waals surface area (Å²) in [4.78, 5) is 12.0. The lowest BCUT2D eigenvalue weighted by atomic mass is 10.1. The van der Waals surface area contributed by atoms with Crippen molar-refractivity contribution in [1.29, 1.82) is 0 Å². The maximum absolute atomic E-state index is 5.87. The topological polar surface area (TPSA) is 31.8 Å². The second-order valence-electron chi connectivity index (χ2n) is 7.81. The van der Waals surface area contributed by atoms with Gasteiger partial charge in [-0.25, -0.2) is 4.98 Å². The van der Waals surface area contributed by atoms with E-state index in [1.807, 2.05) is 12.3 Å². The van der Waals surface area contributed by atoms with E-state index in [1.165, 1.54) is 37.9 Å². The summed E-state index contributed by atoms with van der Waals surface area (Å²) in [6, 6.07) is 14.6. The number of pyridine rings is 1. The maximum atomic E-state index is 5.87. The normalized spacial score (nSPS) is 18.4. The first-order chi connectivity index (χ1) is 13.9. The van der Waals surface area contributed by atoms with Crippen LogP contribution in [0.1, 0.15) is 24.8 Å². The Labute approximate surface area is 168 Å². The summed E-state index contributed by atoms with van der Waals surface area (Å²) in [6.07, 6.45) is 5.76. The van der Waals surface area contributed by atoms with Gasteiger partial charge in [0, 0.05) is 51.0 Å². The SMILES string of the molecule is c1ccc(N2CCN(CCCCCN3CCOc4ccccc4C3)CC2)nc1. The Bertz CT molecular complexity index is 716. The number of ether oxygens (including phenoxy) is 1. The predicted molar refractivity (Wildman–Crippen MR) is 114 cm³/mol. The molecule has 2 aliphatic heterocycles. The van der Waals surface area contributed by atoms with Crippen molar-refractivity contribution in [2.75, 3.05) is 57.3 Å². The third-order valence-electron chi connectivity index (χ3n) is 5.83. The number of benzene rings is 1. The van der Waals surface area contributed by atoms with Gasteiger partial charge in [0.05, 0.1) is 0 Å². The monoisotopic (exact) mass is 380 g/mol. The summed E-state index contributed by atoms with van der Waals surface area (Å²) < 4.78 is 5.87. The van der Waals surface area contributed by atoms with Crippen LogP contribution in [0.15, 0.2) is 48.7 Å². The van der Waals surface area contributed by atoms with E-state index in [0.29, 0.717) is 0 Å². The molecule has 0 atom stereocenters. The van der Waals surface area contributed by atoms with Crippen molar-refractivity contribution in [2.24, 2.45) is 0 Å². The van der Waals surface area contributed by atoms with Gasteiger partial charge < -0.3 is 9.64 Å². The van der Waals surface area contributed by atoms with E-state index in [1.54, 1.807) is 0 Å². The van der Waals surface area contributed by atoms with Gasteiger partial charge in [0.2, 0.25) is 0 Å². The fourth-order valence-corrected chi connectivity index (χ4v) is 4.16. The van der Waals surface area contributed by atoms with Gasteiger partial charge in [-0.3, -0.25) is 9.80 Å². The number of anilines is 1. The van der Waals surface area contributed by atoms with Crippen LogP contribution in [0.3, 0.4) is 0 Å². The van der Waals surface area contributed by atoms with Crippen LogP contribution >= 0.6 is 0 Å². The minimum Gasteiger partial charge on any atom is -0.492 e. The molecule has 2 aromatic rings. The molecule has 0 bridgehead atoms. The summed E-state index contributed by atoms with van der Waals surface area (Å²) in [5, 5.41) is 0. The lowest BCUT2D eigenvalue weighted by Crippen LogP contribution is -2.46. The van der Waals surface area contributed by atoms with Crippen molar-refractivity contribution in [2.45, 2.75) is 25.8 Å². The molecule has 150 valence electrons. The molecule has 0 radical (unpaired) electrons. The number of hydrogen-bond acceptors (Lipinski definition) is 5. The molecule has 0 saturated carbocycles. The molecule has 0 aliphatic carbocycles. The van der Waals surface area contributed by atoms with E-state index in [0.717, 1.165) is 57.4 Å². The minimum absolute atomic E-state index is 0.803. The number of aromatic nitrogens is 1. The Hall–Kier alpha value is -2.11. The number of piperazine rings is 1. The van der Waals surface area contributed by atoms with Gasteiger partial charge in [0.1, 0.15) is 18.2 Å². The lowest BCUT2D eigenvalue weighted by molar-refractivity contribution is 0.217. The smallest absolute Gasteiger partial charge is 0.128 e. The predicted octanol–water partition coefficient (Wildman–Crippen LogP) is 3.27. The van der Waals surface area contributed by atoms with Gasteiger partial charge in [0.15, 0.2) is 0 Å². The zero-order valence-corrected chi connectivity index (χ0v) is 16.8. The van der Waals surface area contributed by atoms with Gasteiger partial charge in [0.25, 0.3) is 0 Å². The molecule has 1 fully saturated rings. The highest BCUT2D eigenvalue weighted by Crippen LogP contribution is 2.22. The highest BCUT2D eigenvalue weighted by molar-refractivity contribution is 5.38. The zero-order chi connectivity index (χ0) is 19.0. The fourth-order valence-electron chi connectivity index (χ4n) is 4.16. The largest absolute Gasteiger partial charge is 0.492 e. The van der Waals surface area contributed by atoms with E-state index in [-0.39, 0.29) is 0 Å². The van der Waals surface area contributed by atoms with Gasteiger partial charge in [-0.1, -0.05) is 30.7 Å². The molecule has 4 rings (SSSR count). The first-order valence-electron chi connectivity index (χ1n) is 10.7. The summed E-state index contributed by atoms with van der Waals surface area (Å²) in [5.41, 5.74) is 1.32. The molecule has 0 spiro atoms. The number of unbranched alkanes of at least 4 members (excludes halogenated alkanes) is 2. The van der Waals surface area contributed by atoms with Gasteiger partial charge in [-0.05, 0) is 44.1 Å². The molecule has 28 heavy (non-hydrogen) atoms. The van der Waals surface area contributed by atoms with Crippen molar-refractivity contribution in [1.82, 2.24) is 14.8 Å². The lowest BCUT2D eigenvalue weighted by Gasteiger charge is -2.35. The van der Waals surface area contributed by atoms with Gasteiger partial charge >= 0.3 is 0 Å². The number of nitrogens with zero attached hydrogens (tertiary/aromatic N) is 4. The van der Waals surface area contributed by atoms with E-state index in [4.69, 9.17) is 4.74 Å². The minimum atomic E-state index is 0.803. The molecule has 1 aromatic heterocycles. The summed E-state index contributed by atoms with van der Waals surface area (Å²) in [7, 11) is 0. The van der Waals surface area contributed by atoms with Crippen LogP contribution in [0, 0.1) is 0 Å². The van der Waals surface area contributed by atoms with Crippen LogP contribution in [0.4, 0.5) is 5.82 Å². The van der Waals surface area contributed by atoms with Crippen LogP contribution in [0.5, 0.6) is 5.75 Å². The molecular weight excluding hydrogens is 348 g/mol. The Morgan fingerprint density at radius 1 is 0.786 bits per heavy atom. The van der Waals surface area contributed by atoms with Gasteiger partial charge in [-0.2, -0.15) is 0 Å². The molecule has 0 unspecified atom stereocenters. The number of fused-ring (bicyclic) bond motifs is 1. The summed E-state index contributed by atoms with van der Waals surface area (Å²) in [6.45, 7) is 9.72. The molecule has 5 heteroatoms. The van der Waals surface area contributed by atoms with Crippen molar-refractivity contribution in [3.05, 3.63) is 54.2 Å². The first-order valence-corrected chi connectivity index (χ1v) is 10.7. The Morgan fingerprint density at radius 2 is 1.57 bits per heavy atom. The van der Waals surface area contributed by atoms with Crippen LogP contribution in [0.2, 0.25) is 0 Å². The molecule has 0 amide bonds.